The lowest BCUT2D eigenvalue weighted by Crippen LogP contribution is -2.40. The summed E-state index contributed by atoms with van der Waals surface area (Å²) in [4.78, 5) is 31.0. The maximum atomic E-state index is 12.5. The van der Waals surface area contributed by atoms with Crippen molar-refractivity contribution in [3.05, 3.63) is 46.4 Å². The summed E-state index contributed by atoms with van der Waals surface area (Å²) in [6.45, 7) is 6.14. The fraction of sp³-hybridized carbons (Fsp3) is 0.556. The molecule has 1 saturated heterocycles. The van der Waals surface area contributed by atoms with Gasteiger partial charge in [0.2, 0.25) is 0 Å². The summed E-state index contributed by atoms with van der Waals surface area (Å²) in [5.74, 6) is 0.669. The molecule has 1 aliphatic heterocycles. The van der Waals surface area contributed by atoms with Crippen LogP contribution in [0.5, 0.6) is 0 Å². The Morgan fingerprint density at radius 2 is 2.04 bits per heavy atom. The molecule has 3 heterocycles. The summed E-state index contributed by atoms with van der Waals surface area (Å²) in [7, 11) is 1.78. The van der Waals surface area contributed by atoms with E-state index >= 15 is 0 Å². The first-order valence-electron chi connectivity index (χ1n) is 8.79. The zero-order chi connectivity index (χ0) is 18.0. The molecular formula is C18H25N5O2. The minimum Gasteiger partial charge on any atom is -0.337 e. The van der Waals surface area contributed by atoms with Crippen molar-refractivity contribution in [3.8, 4) is 0 Å². The van der Waals surface area contributed by atoms with Gasteiger partial charge in [-0.3, -0.25) is 18.8 Å². The van der Waals surface area contributed by atoms with Gasteiger partial charge < -0.3 is 4.90 Å². The smallest absolute Gasteiger partial charge is 0.272 e. The number of carbonyl (C=O) groups excluding carboxylic acids is 1. The highest BCUT2D eigenvalue weighted by Gasteiger charge is 2.25. The van der Waals surface area contributed by atoms with Crippen LogP contribution in [0.1, 0.15) is 48.8 Å². The van der Waals surface area contributed by atoms with Crippen molar-refractivity contribution < 1.29 is 4.79 Å². The van der Waals surface area contributed by atoms with E-state index in [9.17, 15) is 9.59 Å². The van der Waals surface area contributed by atoms with E-state index in [1.807, 2.05) is 18.7 Å². The second-order valence-electron chi connectivity index (χ2n) is 7.03. The Balaban J connectivity index is 1.59. The zero-order valence-corrected chi connectivity index (χ0v) is 15.1. The molecule has 0 saturated carbocycles. The first-order valence-corrected chi connectivity index (χ1v) is 8.79. The van der Waals surface area contributed by atoms with Gasteiger partial charge in [-0.05, 0) is 30.7 Å². The third-order valence-electron chi connectivity index (χ3n) is 4.89. The quantitative estimate of drug-likeness (QED) is 0.846. The standard InChI is InChI=1S/C18H25N5O2/c1-13(2)15-10-17(24)23(12-19-15)11-14-5-8-22(9-6-14)18(25)16-4-7-20-21(16)3/h4,7,10,12-14H,5-6,8-9,11H2,1-3H3. The topological polar surface area (TPSA) is 73.0 Å². The summed E-state index contributed by atoms with van der Waals surface area (Å²) in [6, 6.07) is 3.38. The van der Waals surface area contributed by atoms with Gasteiger partial charge in [0, 0.05) is 38.9 Å². The van der Waals surface area contributed by atoms with Crippen LogP contribution in [0, 0.1) is 5.92 Å². The molecule has 0 aliphatic carbocycles. The average Bonchev–Trinajstić information content (AvgIpc) is 3.02. The molecule has 3 rings (SSSR count). The molecule has 134 valence electrons. The Bertz CT molecular complexity index is 800. The van der Waals surface area contributed by atoms with E-state index in [2.05, 4.69) is 10.1 Å². The number of likely N-dealkylation sites (tertiary alicyclic amines) is 1. The highest BCUT2D eigenvalue weighted by Crippen LogP contribution is 2.20. The van der Waals surface area contributed by atoms with E-state index in [0.717, 1.165) is 18.5 Å². The third-order valence-corrected chi connectivity index (χ3v) is 4.89. The fourth-order valence-corrected chi connectivity index (χ4v) is 3.24. The number of amides is 1. The number of hydrogen-bond donors (Lipinski definition) is 0. The normalized spacial score (nSPS) is 15.8. The molecule has 0 atom stereocenters. The molecule has 7 nitrogen and oxygen atoms in total. The largest absolute Gasteiger partial charge is 0.337 e. The Hall–Kier alpha value is -2.44. The van der Waals surface area contributed by atoms with Crippen LogP contribution in [0.2, 0.25) is 0 Å². The SMILES string of the molecule is CC(C)c1cc(=O)n(CC2CCN(C(=O)c3ccnn3C)CC2)cn1. The molecule has 7 heteroatoms. The zero-order valence-electron chi connectivity index (χ0n) is 15.1. The minimum absolute atomic E-state index is 0.00657. The predicted octanol–water partition coefficient (Wildman–Crippen LogP) is 1.65. The van der Waals surface area contributed by atoms with Crippen LogP contribution in [0.4, 0.5) is 0 Å². The number of nitrogens with zero attached hydrogens (tertiary/aromatic N) is 5. The van der Waals surface area contributed by atoms with Crippen LogP contribution in [0.15, 0.2) is 29.5 Å². The van der Waals surface area contributed by atoms with Crippen LogP contribution >= 0.6 is 0 Å². The first-order chi connectivity index (χ1) is 12.0. The van der Waals surface area contributed by atoms with Gasteiger partial charge in [0.05, 0.1) is 12.0 Å². The lowest BCUT2D eigenvalue weighted by Gasteiger charge is -2.32. The van der Waals surface area contributed by atoms with Crippen LogP contribution in [-0.4, -0.2) is 43.2 Å². The Morgan fingerprint density at radius 1 is 1.32 bits per heavy atom. The molecule has 0 aromatic carbocycles. The van der Waals surface area contributed by atoms with Crippen molar-refractivity contribution in [2.75, 3.05) is 13.1 Å². The van der Waals surface area contributed by atoms with Gasteiger partial charge in [-0.1, -0.05) is 13.8 Å². The molecule has 0 spiro atoms. The molecule has 1 aliphatic rings. The fourth-order valence-electron chi connectivity index (χ4n) is 3.24. The highest BCUT2D eigenvalue weighted by molar-refractivity contribution is 5.92. The molecule has 1 fully saturated rings. The molecule has 2 aromatic heterocycles. The summed E-state index contributed by atoms with van der Waals surface area (Å²) < 4.78 is 3.30. The second kappa shape index (κ2) is 7.21. The van der Waals surface area contributed by atoms with Crippen molar-refractivity contribution in [2.24, 2.45) is 13.0 Å². The van der Waals surface area contributed by atoms with Crippen LogP contribution in [0.3, 0.4) is 0 Å². The van der Waals surface area contributed by atoms with Gasteiger partial charge in [-0.15, -0.1) is 0 Å². The van der Waals surface area contributed by atoms with E-state index in [-0.39, 0.29) is 17.4 Å². The van der Waals surface area contributed by atoms with Crippen molar-refractivity contribution in [3.63, 3.8) is 0 Å². The van der Waals surface area contributed by atoms with Crippen LogP contribution < -0.4 is 5.56 Å². The van der Waals surface area contributed by atoms with Crippen molar-refractivity contribution in [2.45, 2.75) is 39.2 Å². The predicted molar refractivity (Wildman–Crippen MR) is 94.4 cm³/mol. The molecule has 1 amide bonds. The second-order valence-corrected chi connectivity index (χ2v) is 7.03. The van der Waals surface area contributed by atoms with Crippen LogP contribution in [0.25, 0.3) is 0 Å². The summed E-state index contributed by atoms with van der Waals surface area (Å²) in [6.07, 6.45) is 5.08. The summed E-state index contributed by atoms with van der Waals surface area (Å²) in [5, 5.41) is 4.06. The molecule has 2 aromatic rings. The first kappa shape index (κ1) is 17.4. The summed E-state index contributed by atoms with van der Waals surface area (Å²) >= 11 is 0. The lowest BCUT2D eigenvalue weighted by atomic mass is 9.96. The van der Waals surface area contributed by atoms with Crippen molar-refractivity contribution in [1.82, 2.24) is 24.2 Å². The number of hydrogen-bond acceptors (Lipinski definition) is 4. The monoisotopic (exact) mass is 343 g/mol. The van der Waals surface area contributed by atoms with Gasteiger partial charge in [-0.2, -0.15) is 5.10 Å². The number of piperidine rings is 1. The number of carbonyl (C=O) groups is 1. The molecule has 0 unspecified atom stereocenters. The maximum absolute atomic E-state index is 12.5. The number of aromatic nitrogens is 4. The van der Waals surface area contributed by atoms with Crippen molar-refractivity contribution >= 4 is 5.91 Å². The van der Waals surface area contributed by atoms with Gasteiger partial charge in [0.25, 0.3) is 11.5 Å². The van der Waals surface area contributed by atoms with Crippen LogP contribution in [-0.2, 0) is 13.6 Å². The van der Waals surface area contributed by atoms with E-state index in [0.29, 0.717) is 31.2 Å². The van der Waals surface area contributed by atoms with Gasteiger partial charge in [-0.25, -0.2) is 4.98 Å². The number of aryl methyl sites for hydroxylation is 1. The summed E-state index contributed by atoms with van der Waals surface area (Å²) in [5.41, 5.74) is 1.45. The third kappa shape index (κ3) is 3.81. The minimum atomic E-state index is 0.00657. The molecule has 25 heavy (non-hydrogen) atoms. The Kier molecular flexibility index (Phi) is 5.01. The number of rotatable bonds is 4. The maximum Gasteiger partial charge on any atom is 0.272 e. The lowest BCUT2D eigenvalue weighted by molar-refractivity contribution is 0.0671. The van der Waals surface area contributed by atoms with Gasteiger partial charge in [0.15, 0.2) is 0 Å². The highest BCUT2D eigenvalue weighted by atomic mass is 16.2. The Labute approximate surface area is 147 Å². The molecule has 0 radical (unpaired) electrons. The molecular weight excluding hydrogens is 318 g/mol. The Morgan fingerprint density at radius 3 is 2.60 bits per heavy atom. The van der Waals surface area contributed by atoms with E-state index in [1.54, 1.807) is 41.0 Å². The van der Waals surface area contributed by atoms with E-state index in [1.165, 1.54) is 0 Å². The average molecular weight is 343 g/mol. The van der Waals surface area contributed by atoms with Gasteiger partial charge in [0.1, 0.15) is 5.69 Å². The van der Waals surface area contributed by atoms with Gasteiger partial charge >= 0.3 is 0 Å². The van der Waals surface area contributed by atoms with Crippen molar-refractivity contribution in [1.29, 1.82) is 0 Å². The van der Waals surface area contributed by atoms with E-state index < -0.39 is 0 Å². The molecule has 0 bridgehead atoms. The van der Waals surface area contributed by atoms with E-state index in [4.69, 9.17) is 0 Å². The molecule has 0 N–H and O–H groups in total.